The monoisotopic (exact) mass is 278 g/mol. The fourth-order valence-electron chi connectivity index (χ4n) is 2.28. The molecule has 1 aliphatic rings. The van der Waals surface area contributed by atoms with Gasteiger partial charge in [-0.25, -0.2) is 9.97 Å². The van der Waals surface area contributed by atoms with Crippen molar-refractivity contribution in [3.8, 4) is 0 Å². The molecule has 0 atom stereocenters. The van der Waals surface area contributed by atoms with Gasteiger partial charge >= 0.3 is 0 Å². The third-order valence-corrected chi connectivity index (χ3v) is 3.46. The fourth-order valence-corrected chi connectivity index (χ4v) is 2.43. The van der Waals surface area contributed by atoms with E-state index in [2.05, 4.69) is 24.8 Å². The summed E-state index contributed by atoms with van der Waals surface area (Å²) in [6, 6.07) is 0. The Labute approximate surface area is 116 Å². The summed E-state index contributed by atoms with van der Waals surface area (Å²) >= 11 is 5.87. The highest BCUT2D eigenvalue weighted by molar-refractivity contribution is 6.29. The molecule has 0 saturated carbocycles. The Balaban J connectivity index is 1.68. The van der Waals surface area contributed by atoms with Crippen LogP contribution >= 0.6 is 11.6 Å². The zero-order valence-electron chi connectivity index (χ0n) is 10.7. The van der Waals surface area contributed by atoms with Crippen molar-refractivity contribution in [2.75, 3.05) is 36.0 Å². The highest BCUT2D eigenvalue weighted by Gasteiger charge is 2.20. The predicted octanol–water partition coefficient (Wildman–Crippen LogP) is 1.19. The Morgan fingerprint density at radius 2 is 1.84 bits per heavy atom. The molecule has 3 heterocycles. The molecule has 6 nitrogen and oxygen atoms in total. The van der Waals surface area contributed by atoms with Crippen LogP contribution in [0.1, 0.15) is 0 Å². The standard InChI is InChI=1S/C12H15ClN6/c1-17-3-2-15-12(17)19-6-4-18(5-7-19)11-9-14-8-10(13)16-11/h2-3,8-9H,4-7H2,1H3. The van der Waals surface area contributed by atoms with Crippen molar-refractivity contribution >= 4 is 23.4 Å². The maximum absolute atomic E-state index is 5.87. The number of piperazine rings is 1. The van der Waals surface area contributed by atoms with Gasteiger partial charge in [0.05, 0.1) is 12.4 Å². The van der Waals surface area contributed by atoms with Gasteiger partial charge in [0.15, 0.2) is 0 Å². The molecule has 0 spiro atoms. The Bertz CT molecular complexity index is 561. The van der Waals surface area contributed by atoms with Gasteiger partial charge in [0.1, 0.15) is 11.0 Å². The van der Waals surface area contributed by atoms with Gasteiger partial charge in [-0.05, 0) is 0 Å². The number of aryl methyl sites for hydroxylation is 1. The van der Waals surface area contributed by atoms with Crippen molar-refractivity contribution in [2.24, 2.45) is 7.05 Å². The van der Waals surface area contributed by atoms with Gasteiger partial charge in [0, 0.05) is 45.6 Å². The molecule has 0 aromatic carbocycles. The van der Waals surface area contributed by atoms with Crippen molar-refractivity contribution in [2.45, 2.75) is 0 Å². The summed E-state index contributed by atoms with van der Waals surface area (Å²) in [5.41, 5.74) is 0. The SMILES string of the molecule is Cn1ccnc1N1CCN(c2cncc(Cl)n2)CC1. The first-order chi connectivity index (χ1) is 9.24. The molecule has 0 unspecified atom stereocenters. The number of rotatable bonds is 2. The number of hydrogen-bond acceptors (Lipinski definition) is 5. The third kappa shape index (κ3) is 2.49. The van der Waals surface area contributed by atoms with E-state index in [1.165, 1.54) is 0 Å². The van der Waals surface area contributed by atoms with E-state index in [1.807, 2.05) is 24.0 Å². The van der Waals surface area contributed by atoms with Crippen LogP contribution in [0.25, 0.3) is 0 Å². The highest BCUT2D eigenvalue weighted by Crippen LogP contribution is 2.17. The van der Waals surface area contributed by atoms with Crippen LogP contribution in [0.3, 0.4) is 0 Å². The van der Waals surface area contributed by atoms with E-state index in [1.54, 1.807) is 12.4 Å². The maximum Gasteiger partial charge on any atom is 0.205 e. The minimum atomic E-state index is 0.434. The third-order valence-electron chi connectivity index (χ3n) is 3.27. The molecule has 1 aliphatic heterocycles. The van der Waals surface area contributed by atoms with E-state index in [0.29, 0.717) is 5.15 Å². The normalized spacial score (nSPS) is 15.9. The summed E-state index contributed by atoms with van der Waals surface area (Å²) in [7, 11) is 2.01. The van der Waals surface area contributed by atoms with E-state index in [0.717, 1.165) is 37.9 Å². The topological polar surface area (TPSA) is 50.1 Å². The van der Waals surface area contributed by atoms with Gasteiger partial charge in [-0.15, -0.1) is 0 Å². The van der Waals surface area contributed by atoms with Crippen LogP contribution in [0.2, 0.25) is 5.15 Å². The average Bonchev–Trinajstić information content (AvgIpc) is 2.85. The first-order valence-electron chi connectivity index (χ1n) is 6.19. The highest BCUT2D eigenvalue weighted by atomic mass is 35.5. The molecule has 100 valence electrons. The molecule has 0 N–H and O–H groups in total. The number of halogens is 1. The maximum atomic E-state index is 5.87. The van der Waals surface area contributed by atoms with E-state index >= 15 is 0 Å². The van der Waals surface area contributed by atoms with Crippen molar-refractivity contribution in [1.29, 1.82) is 0 Å². The quantitative estimate of drug-likeness (QED) is 0.826. The van der Waals surface area contributed by atoms with Gasteiger partial charge in [0.2, 0.25) is 5.95 Å². The van der Waals surface area contributed by atoms with Gasteiger partial charge in [-0.1, -0.05) is 11.6 Å². The molecule has 0 radical (unpaired) electrons. The van der Waals surface area contributed by atoms with E-state index in [4.69, 9.17) is 11.6 Å². The number of nitrogens with zero attached hydrogens (tertiary/aromatic N) is 6. The lowest BCUT2D eigenvalue weighted by Gasteiger charge is -2.35. The van der Waals surface area contributed by atoms with Crippen molar-refractivity contribution in [3.63, 3.8) is 0 Å². The van der Waals surface area contributed by atoms with Crippen LogP contribution < -0.4 is 9.80 Å². The second-order valence-corrected chi connectivity index (χ2v) is 4.90. The van der Waals surface area contributed by atoms with Crippen molar-refractivity contribution in [1.82, 2.24) is 19.5 Å². The molecule has 19 heavy (non-hydrogen) atoms. The Hall–Kier alpha value is -1.82. The first kappa shape index (κ1) is 12.2. The molecule has 1 saturated heterocycles. The van der Waals surface area contributed by atoms with E-state index < -0.39 is 0 Å². The summed E-state index contributed by atoms with van der Waals surface area (Å²) in [5.74, 6) is 1.85. The van der Waals surface area contributed by atoms with Crippen LogP contribution in [0.15, 0.2) is 24.8 Å². The zero-order chi connectivity index (χ0) is 13.2. The van der Waals surface area contributed by atoms with Crippen LogP contribution in [-0.4, -0.2) is 45.7 Å². The summed E-state index contributed by atoms with van der Waals surface area (Å²) in [5, 5.41) is 0.434. The average molecular weight is 279 g/mol. The molecule has 7 heteroatoms. The van der Waals surface area contributed by atoms with Crippen molar-refractivity contribution < 1.29 is 0 Å². The Morgan fingerprint density at radius 3 is 2.47 bits per heavy atom. The fraction of sp³-hybridized carbons (Fsp3) is 0.417. The predicted molar refractivity (Wildman–Crippen MR) is 74.7 cm³/mol. The number of hydrogen-bond donors (Lipinski definition) is 0. The lowest BCUT2D eigenvalue weighted by molar-refractivity contribution is 0.624. The lowest BCUT2D eigenvalue weighted by atomic mass is 10.3. The van der Waals surface area contributed by atoms with E-state index in [-0.39, 0.29) is 0 Å². The van der Waals surface area contributed by atoms with Gasteiger partial charge in [-0.2, -0.15) is 0 Å². The van der Waals surface area contributed by atoms with Gasteiger partial charge < -0.3 is 14.4 Å². The number of anilines is 2. The van der Waals surface area contributed by atoms with Crippen molar-refractivity contribution in [3.05, 3.63) is 29.9 Å². The number of aromatic nitrogens is 4. The molecule has 2 aromatic heterocycles. The second kappa shape index (κ2) is 5.05. The van der Waals surface area contributed by atoms with E-state index in [9.17, 15) is 0 Å². The molecular formula is C12H15ClN6. The summed E-state index contributed by atoms with van der Waals surface area (Å²) in [6.45, 7) is 3.61. The summed E-state index contributed by atoms with van der Waals surface area (Å²) < 4.78 is 2.04. The molecule has 0 bridgehead atoms. The number of imidazole rings is 1. The molecule has 0 amide bonds. The minimum absolute atomic E-state index is 0.434. The Kier molecular flexibility index (Phi) is 3.25. The smallest absolute Gasteiger partial charge is 0.205 e. The first-order valence-corrected chi connectivity index (χ1v) is 6.56. The van der Waals surface area contributed by atoms with Crippen LogP contribution in [-0.2, 0) is 7.05 Å². The van der Waals surface area contributed by atoms with Crippen LogP contribution in [0.5, 0.6) is 0 Å². The Morgan fingerprint density at radius 1 is 1.11 bits per heavy atom. The second-order valence-electron chi connectivity index (χ2n) is 4.51. The summed E-state index contributed by atoms with van der Waals surface area (Å²) in [6.07, 6.45) is 7.09. The molecule has 1 fully saturated rings. The molecular weight excluding hydrogens is 264 g/mol. The summed E-state index contributed by atoms with van der Waals surface area (Å²) in [4.78, 5) is 17.2. The lowest BCUT2D eigenvalue weighted by Crippen LogP contribution is -2.47. The van der Waals surface area contributed by atoms with Gasteiger partial charge in [-0.3, -0.25) is 4.98 Å². The molecule has 3 rings (SSSR count). The minimum Gasteiger partial charge on any atom is -0.352 e. The van der Waals surface area contributed by atoms with Crippen LogP contribution in [0.4, 0.5) is 11.8 Å². The molecule has 2 aromatic rings. The van der Waals surface area contributed by atoms with Gasteiger partial charge in [0.25, 0.3) is 0 Å². The largest absolute Gasteiger partial charge is 0.352 e. The zero-order valence-corrected chi connectivity index (χ0v) is 11.5. The molecule has 0 aliphatic carbocycles. The van der Waals surface area contributed by atoms with Crippen LogP contribution in [0, 0.1) is 0 Å².